The molecule has 1 amide bonds. The highest BCUT2D eigenvalue weighted by Crippen LogP contribution is 2.35. The summed E-state index contributed by atoms with van der Waals surface area (Å²) in [6.45, 7) is 10.5. The molecule has 0 saturated carbocycles. The van der Waals surface area contributed by atoms with Crippen LogP contribution in [0.25, 0.3) is 0 Å². The molecule has 1 aromatic carbocycles. The molecule has 30 heavy (non-hydrogen) atoms. The van der Waals surface area contributed by atoms with Crippen molar-refractivity contribution in [2.75, 3.05) is 45.9 Å². The summed E-state index contributed by atoms with van der Waals surface area (Å²) in [7, 11) is 0. The Morgan fingerprint density at radius 3 is 2.50 bits per heavy atom. The van der Waals surface area contributed by atoms with Crippen LogP contribution in [0.15, 0.2) is 29.3 Å². The van der Waals surface area contributed by atoms with Crippen LogP contribution in [0.3, 0.4) is 0 Å². The molecule has 1 aromatic rings. The van der Waals surface area contributed by atoms with E-state index in [2.05, 4.69) is 10.6 Å². The highest BCUT2D eigenvalue weighted by atomic mass is 127. The molecule has 8 heteroatoms. The van der Waals surface area contributed by atoms with Gasteiger partial charge in [0.1, 0.15) is 5.82 Å². The average Bonchev–Trinajstić information content (AvgIpc) is 2.73. The zero-order chi connectivity index (χ0) is 21.1. The van der Waals surface area contributed by atoms with Crippen molar-refractivity contribution in [1.82, 2.24) is 15.5 Å². The molecule has 0 unspecified atom stereocenters. The van der Waals surface area contributed by atoms with Gasteiger partial charge in [0.15, 0.2) is 5.96 Å². The highest BCUT2D eigenvalue weighted by Gasteiger charge is 2.34. The summed E-state index contributed by atoms with van der Waals surface area (Å²) in [5.74, 6) is 0.596. The Kier molecular flexibility index (Phi) is 12.2. The third-order valence-corrected chi connectivity index (χ3v) is 5.52. The fourth-order valence-corrected chi connectivity index (χ4v) is 3.71. The molecule has 2 N–H and O–H groups in total. The van der Waals surface area contributed by atoms with Gasteiger partial charge in [0, 0.05) is 51.2 Å². The van der Waals surface area contributed by atoms with Gasteiger partial charge in [0.05, 0.1) is 6.54 Å². The molecule has 170 valence electrons. The molecule has 0 spiro atoms. The van der Waals surface area contributed by atoms with Crippen LogP contribution in [0.2, 0.25) is 0 Å². The van der Waals surface area contributed by atoms with Crippen LogP contribution in [0.1, 0.15) is 45.6 Å². The summed E-state index contributed by atoms with van der Waals surface area (Å²) < 4.78 is 19.4. The van der Waals surface area contributed by atoms with Crippen LogP contribution in [-0.4, -0.2) is 62.7 Å². The van der Waals surface area contributed by atoms with Crippen molar-refractivity contribution in [3.63, 3.8) is 0 Å². The Hall–Kier alpha value is -1.42. The number of aliphatic imine (C=N–C) groups is 1. The first-order valence-corrected chi connectivity index (χ1v) is 10.7. The molecule has 1 aliphatic heterocycles. The number of benzene rings is 1. The van der Waals surface area contributed by atoms with Gasteiger partial charge in [-0.1, -0.05) is 12.1 Å². The number of halogens is 2. The number of guanidine groups is 1. The maximum absolute atomic E-state index is 13.8. The number of hydrogen-bond donors (Lipinski definition) is 2. The SMILES string of the molecule is CCNC(=NCC1(c2cccc(F)c2)CCOCC1)NCCC(=O)N(CC)CC.I. The van der Waals surface area contributed by atoms with E-state index in [1.54, 1.807) is 12.1 Å². The minimum absolute atomic E-state index is 0. The lowest BCUT2D eigenvalue weighted by molar-refractivity contribution is -0.130. The van der Waals surface area contributed by atoms with E-state index in [4.69, 9.17) is 9.73 Å². The molecule has 1 aliphatic rings. The van der Waals surface area contributed by atoms with Crippen LogP contribution in [0.5, 0.6) is 0 Å². The molecule has 1 heterocycles. The first-order chi connectivity index (χ1) is 14.0. The predicted molar refractivity (Wildman–Crippen MR) is 130 cm³/mol. The summed E-state index contributed by atoms with van der Waals surface area (Å²) in [5.41, 5.74) is 0.733. The second-order valence-corrected chi connectivity index (χ2v) is 7.34. The zero-order valence-electron chi connectivity index (χ0n) is 18.4. The van der Waals surface area contributed by atoms with Gasteiger partial charge in [-0.05, 0) is 51.3 Å². The molecule has 0 aromatic heterocycles. The van der Waals surface area contributed by atoms with Gasteiger partial charge >= 0.3 is 0 Å². The Labute approximate surface area is 197 Å². The lowest BCUT2D eigenvalue weighted by Gasteiger charge is -2.36. The Morgan fingerprint density at radius 2 is 1.90 bits per heavy atom. The lowest BCUT2D eigenvalue weighted by Crippen LogP contribution is -2.42. The number of rotatable bonds is 9. The van der Waals surface area contributed by atoms with Crippen LogP contribution in [-0.2, 0) is 14.9 Å². The standard InChI is InChI=1S/C22H35FN4O2.HI/c1-4-24-21(25-13-10-20(28)27(5-2)6-3)26-17-22(11-14-29-15-12-22)18-8-7-9-19(23)16-18;/h7-9,16H,4-6,10-15,17H2,1-3H3,(H2,24,25,26);1H. The summed E-state index contributed by atoms with van der Waals surface area (Å²) in [4.78, 5) is 18.8. The van der Waals surface area contributed by atoms with Crippen LogP contribution >= 0.6 is 24.0 Å². The summed E-state index contributed by atoms with van der Waals surface area (Å²) in [6, 6.07) is 6.82. The minimum Gasteiger partial charge on any atom is -0.381 e. The van der Waals surface area contributed by atoms with Gasteiger partial charge in [0.2, 0.25) is 5.91 Å². The van der Waals surface area contributed by atoms with Crippen molar-refractivity contribution in [2.45, 2.75) is 45.4 Å². The third-order valence-electron chi connectivity index (χ3n) is 5.52. The maximum Gasteiger partial charge on any atom is 0.224 e. The Morgan fingerprint density at radius 1 is 1.20 bits per heavy atom. The van der Waals surface area contributed by atoms with Gasteiger partial charge in [0.25, 0.3) is 0 Å². The largest absolute Gasteiger partial charge is 0.381 e. The predicted octanol–water partition coefficient (Wildman–Crippen LogP) is 3.31. The first-order valence-electron chi connectivity index (χ1n) is 10.7. The third kappa shape index (κ3) is 7.68. The van der Waals surface area contributed by atoms with Crippen molar-refractivity contribution in [3.8, 4) is 0 Å². The second-order valence-electron chi connectivity index (χ2n) is 7.34. The van der Waals surface area contributed by atoms with Crippen molar-refractivity contribution in [1.29, 1.82) is 0 Å². The van der Waals surface area contributed by atoms with Gasteiger partial charge in [-0.25, -0.2) is 4.39 Å². The second kappa shape index (κ2) is 13.8. The number of carbonyl (C=O) groups excluding carboxylic acids is 1. The van der Waals surface area contributed by atoms with E-state index in [-0.39, 0.29) is 41.1 Å². The van der Waals surface area contributed by atoms with Gasteiger partial charge in [-0.3, -0.25) is 9.79 Å². The lowest BCUT2D eigenvalue weighted by atomic mass is 9.74. The number of ether oxygens (including phenoxy) is 1. The van der Waals surface area contributed by atoms with Crippen LogP contribution in [0.4, 0.5) is 4.39 Å². The maximum atomic E-state index is 13.8. The van der Waals surface area contributed by atoms with Gasteiger partial charge in [-0.2, -0.15) is 0 Å². The molecule has 0 aliphatic carbocycles. The normalized spacial score (nSPS) is 15.8. The quantitative estimate of drug-likeness (QED) is 0.290. The highest BCUT2D eigenvalue weighted by molar-refractivity contribution is 14.0. The van der Waals surface area contributed by atoms with Gasteiger partial charge in [-0.15, -0.1) is 24.0 Å². The summed E-state index contributed by atoms with van der Waals surface area (Å²) >= 11 is 0. The van der Waals surface area contributed by atoms with E-state index in [1.165, 1.54) is 6.07 Å². The number of amides is 1. The molecule has 2 rings (SSSR count). The number of nitrogens with zero attached hydrogens (tertiary/aromatic N) is 2. The van der Waals surface area contributed by atoms with E-state index in [0.29, 0.717) is 38.7 Å². The molecule has 0 atom stereocenters. The summed E-state index contributed by atoms with van der Waals surface area (Å²) in [5, 5.41) is 6.50. The van der Waals surface area contributed by atoms with E-state index < -0.39 is 0 Å². The summed E-state index contributed by atoms with van der Waals surface area (Å²) in [6.07, 6.45) is 2.04. The smallest absolute Gasteiger partial charge is 0.224 e. The van der Waals surface area contributed by atoms with Crippen LogP contribution in [0, 0.1) is 5.82 Å². The van der Waals surface area contributed by atoms with E-state index in [9.17, 15) is 9.18 Å². The molecular weight excluding hydrogens is 498 g/mol. The van der Waals surface area contributed by atoms with Crippen molar-refractivity contribution < 1.29 is 13.9 Å². The fraction of sp³-hybridized carbons (Fsp3) is 0.636. The Bertz CT molecular complexity index is 677. The fourth-order valence-electron chi connectivity index (χ4n) is 3.71. The molecule has 6 nitrogen and oxygen atoms in total. The van der Waals surface area contributed by atoms with E-state index >= 15 is 0 Å². The molecule has 1 fully saturated rings. The Balaban J connectivity index is 0.00000450. The van der Waals surface area contributed by atoms with Crippen molar-refractivity contribution in [3.05, 3.63) is 35.6 Å². The number of carbonyl (C=O) groups is 1. The van der Waals surface area contributed by atoms with Crippen molar-refractivity contribution >= 4 is 35.8 Å². The van der Waals surface area contributed by atoms with Crippen LogP contribution < -0.4 is 10.6 Å². The topological polar surface area (TPSA) is 66.0 Å². The first kappa shape index (κ1) is 26.6. The van der Waals surface area contributed by atoms with E-state index in [1.807, 2.05) is 31.7 Å². The monoisotopic (exact) mass is 534 g/mol. The molecule has 0 bridgehead atoms. The average molecular weight is 534 g/mol. The molecular formula is C22H36FIN4O2. The molecule has 1 saturated heterocycles. The van der Waals surface area contributed by atoms with Gasteiger partial charge < -0.3 is 20.3 Å². The van der Waals surface area contributed by atoms with E-state index in [0.717, 1.165) is 38.0 Å². The minimum atomic E-state index is -0.236. The zero-order valence-corrected chi connectivity index (χ0v) is 20.7. The number of nitrogens with one attached hydrogen (secondary N) is 2. The molecule has 0 radical (unpaired) electrons. The number of hydrogen-bond acceptors (Lipinski definition) is 3. The van der Waals surface area contributed by atoms with Crippen molar-refractivity contribution in [2.24, 2.45) is 4.99 Å².